The summed E-state index contributed by atoms with van der Waals surface area (Å²) in [5.74, 6) is 2.17. The van der Waals surface area contributed by atoms with Crippen molar-refractivity contribution >= 4 is 50.3 Å². The van der Waals surface area contributed by atoms with Crippen molar-refractivity contribution in [2.75, 3.05) is 5.75 Å². The van der Waals surface area contributed by atoms with Crippen LogP contribution in [0.3, 0.4) is 0 Å². The number of imidazole rings is 1. The van der Waals surface area contributed by atoms with E-state index >= 15 is 0 Å². The summed E-state index contributed by atoms with van der Waals surface area (Å²) in [5.41, 5.74) is 3.09. The van der Waals surface area contributed by atoms with Gasteiger partial charge in [0.1, 0.15) is 16.5 Å². The molecule has 154 valence electrons. The highest BCUT2D eigenvalue weighted by molar-refractivity contribution is 7.99. The minimum atomic E-state index is -0.0643. The number of carbonyl (C=O) groups excluding carboxylic acids is 1. The van der Waals surface area contributed by atoms with Gasteiger partial charge in [-0.25, -0.2) is 9.97 Å². The molecule has 5 rings (SSSR count). The molecule has 3 aromatic heterocycles. The first-order valence-corrected chi connectivity index (χ1v) is 11.9. The molecule has 0 spiro atoms. The fourth-order valence-corrected chi connectivity index (χ4v) is 5.94. The highest BCUT2D eigenvalue weighted by Crippen LogP contribution is 2.34. The fourth-order valence-electron chi connectivity index (χ4n) is 3.94. The number of hydrogen-bond donors (Lipinski definition) is 2. The number of thioether (sulfide) groups is 1. The summed E-state index contributed by atoms with van der Waals surface area (Å²) in [5, 5.41) is 3.69. The predicted molar refractivity (Wildman–Crippen MR) is 121 cm³/mol. The van der Waals surface area contributed by atoms with E-state index in [9.17, 15) is 9.59 Å². The molecule has 0 bridgehead atoms. The third-order valence-electron chi connectivity index (χ3n) is 5.42. The van der Waals surface area contributed by atoms with Crippen molar-refractivity contribution < 1.29 is 4.79 Å². The Hall–Kier alpha value is -2.65. The van der Waals surface area contributed by atoms with Gasteiger partial charge in [-0.15, -0.1) is 23.1 Å². The lowest BCUT2D eigenvalue weighted by Crippen LogP contribution is -2.26. The Morgan fingerprint density at radius 2 is 2.17 bits per heavy atom. The van der Waals surface area contributed by atoms with E-state index in [2.05, 4.69) is 20.3 Å². The monoisotopic (exact) mass is 439 g/mol. The summed E-state index contributed by atoms with van der Waals surface area (Å²) in [6.07, 6.45) is 3.14. The van der Waals surface area contributed by atoms with E-state index in [1.165, 1.54) is 22.2 Å². The number of benzene rings is 1. The van der Waals surface area contributed by atoms with Crippen LogP contribution >= 0.6 is 23.1 Å². The Morgan fingerprint density at radius 1 is 1.30 bits per heavy atom. The number of hydrogen-bond acceptors (Lipinski definition) is 6. The highest BCUT2D eigenvalue weighted by Gasteiger charge is 2.21. The molecule has 4 aromatic rings. The first-order valence-electron chi connectivity index (χ1n) is 9.88. The third-order valence-corrected chi connectivity index (χ3v) is 7.55. The maximum Gasteiger partial charge on any atom is 0.259 e. The summed E-state index contributed by atoms with van der Waals surface area (Å²) in [7, 11) is 1.95. The van der Waals surface area contributed by atoms with Crippen molar-refractivity contribution in [2.45, 2.75) is 31.6 Å². The maximum absolute atomic E-state index is 12.5. The third kappa shape index (κ3) is 3.52. The van der Waals surface area contributed by atoms with Gasteiger partial charge in [-0.3, -0.25) is 9.59 Å². The van der Waals surface area contributed by atoms with Gasteiger partial charge in [0, 0.05) is 11.9 Å². The Labute approximate surface area is 180 Å². The van der Waals surface area contributed by atoms with E-state index in [-0.39, 0.29) is 11.5 Å². The van der Waals surface area contributed by atoms with Crippen molar-refractivity contribution in [1.82, 2.24) is 24.8 Å². The Bertz CT molecular complexity index is 1320. The molecule has 0 saturated heterocycles. The van der Waals surface area contributed by atoms with Gasteiger partial charge in [-0.1, -0.05) is 12.1 Å². The molecule has 7 nitrogen and oxygen atoms in total. The average molecular weight is 440 g/mol. The number of thiophene rings is 1. The number of nitrogens with zero attached hydrogens (tertiary/aromatic N) is 3. The smallest absolute Gasteiger partial charge is 0.259 e. The van der Waals surface area contributed by atoms with Crippen molar-refractivity contribution in [1.29, 1.82) is 0 Å². The van der Waals surface area contributed by atoms with Crippen molar-refractivity contribution in [3.63, 3.8) is 0 Å². The van der Waals surface area contributed by atoms with Crippen LogP contribution in [0.5, 0.6) is 0 Å². The van der Waals surface area contributed by atoms with Crippen LogP contribution in [-0.2, 0) is 37.0 Å². The van der Waals surface area contributed by atoms with Crippen molar-refractivity contribution in [3.8, 4) is 0 Å². The van der Waals surface area contributed by atoms with Crippen LogP contribution in [-0.4, -0.2) is 31.2 Å². The molecule has 0 unspecified atom stereocenters. The second-order valence-electron chi connectivity index (χ2n) is 7.40. The second kappa shape index (κ2) is 7.88. The standard InChI is InChI=1S/C21H21N5O2S2/c1-26-14-7-3-2-6-13(14)23-17(26)9-22-18(27)11-29-10-16-24-20(28)19-12-5-4-8-15(12)30-21(19)25-16/h2-3,6-7H,4-5,8-11H2,1H3,(H,22,27)(H,24,25,28). The Balaban J connectivity index is 1.18. The largest absolute Gasteiger partial charge is 0.348 e. The minimum Gasteiger partial charge on any atom is -0.348 e. The van der Waals surface area contributed by atoms with Crippen LogP contribution in [0.15, 0.2) is 29.1 Å². The van der Waals surface area contributed by atoms with Gasteiger partial charge < -0.3 is 14.9 Å². The summed E-state index contributed by atoms with van der Waals surface area (Å²) < 4.78 is 1.99. The zero-order valence-corrected chi connectivity index (χ0v) is 18.2. The van der Waals surface area contributed by atoms with Gasteiger partial charge in [0.2, 0.25) is 5.91 Å². The number of amides is 1. The predicted octanol–water partition coefficient (Wildman–Crippen LogP) is 2.91. The topological polar surface area (TPSA) is 92.7 Å². The first-order chi connectivity index (χ1) is 14.6. The Morgan fingerprint density at radius 3 is 3.03 bits per heavy atom. The number of H-pyrrole nitrogens is 1. The van der Waals surface area contributed by atoms with Crippen LogP contribution in [0.1, 0.15) is 28.5 Å². The van der Waals surface area contributed by atoms with Crippen LogP contribution in [0, 0.1) is 0 Å². The zero-order chi connectivity index (χ0) is 20.7. The van der Waals surface area contributed by atoms with Crippen LogP contribution < -0.4 is 10.9 Å². The molecule has 0 radical (unpaired) electrons. The van der Waals surface area contributed by atoms with E-state index in [1.54, 1.807) is 11.3 Å². The molecule has 30 heavy (non-hydrogen) atoms. The van der Waals surface area contributed by atoms with Gasteiger partial charge >= 0.3 is 0 Å². The van der Waals surface area contributed by atoms with E-state index in [0.717, 1.165) is 46.3 Å². The molecule has 1 aromatic carbocycles. The molecule has 0 fully saturated rings. The SMILES string of the molecule is Cn1c(CNC(=O)CSCc2nc3sc4c(c3c(=O)[nH]2)CCC4)nc2ccccc21. The lowest BCUT2D eigenvalue weighted by Gasteiger charge is -2.06. The molecule has 1 aliphatic carbocycles. The van der Waals surface area contributed by atoms with Crippen LogP contribution in [0.2, 0.25) is 0 Å². The minimum absolute atomic E-state index is 0.0544. The molecule has 9 heteroatoms. The van der Waals surface area contributed by atoms with Crippen molar-refractivity contribution in [3.05, 3.63) is 56.7 Å². The van der Waals surface area contributed by atoms with Gasteiger partial charge in [-0.2, -0.15) is 0 Å². The quantitative estimate of drug-likeness (QED) is 0.482. The summed E-state index contributed by atoms with van der Waals surface area (Å²) in [6.45, 7) is 0.381. The molecule has 0 atom stereocenters. The maximum atomic E-state index is 12.5. The van der Waals surface area contributed by atoms with Gasteiger partial charge in [0.25, 0.3) is 5.56 Å². The number of fused-ring (bicyclic) bond motifs is 4. The highest BCUT2D eigenvalue weighted by atomic mass is 32.2. The molecule has 3 heterocycles. The summed E-state index contributed by atoms with van der Waals surface area (Å²) >= 11 is 3.07. The fraction of sp³-hybridized carbons (Fsp3) is 0.333. The molecule has 2 N–H and O–H groups in total. The number of rotatable bonds is 6. The molecule has 1 aliphatic rings. The number of aromatic nitrogens is 4. The average Bonchev–Trinajstić information content (AvgIpc) is 3.40. The van der Waals surface area contributed by atoms with E-state index < -0.39 is 0 Å². The van der Waals surface area contributed by atoms with Gasteiger partial charge in [-0.05, 0) is 37.0 Å². The lowest BCUT2D eigenvalue weighted by molar-refractivity contribution is -0.118. The number of para-hydroxylation sites is 2. The molecule has 1 amide bonds. The van der Waals surface area contributed by atoms with E-state index in [4.69, 9.17) is 0 Å². The summed E-state index contributed by atoms with van der Waals surface area (Å²) in [4.78, 5) is 38.9. The van der Waals surface area contributed by atoms with E-state index in [1.807, 2.05) is 35.9 Å². The molecular formula is C21H21N5O2S2. The molecular weight excluding hydrogens is 418 g/mol. The Kier molecular flexibility index (Phi) is 5.08. The molecule has 0 aliphatic heterocycles. The summed E-state index contributed by atoms with van der Waals surface area (Å²) in [6, 6.07) is 7.90. The van der Waals surface area contributed by atoms with Crippen LogP contribution in [0.4, 0.5) is 0 Å². The lowest BCUT2D eigenvalue weighted by atomic mass is 10.2. The number of aryl methyl sites for hydroxylation is 3. The number of nitrogens with one attached hydrogen (secondary N) is 2. The van der Waals surface area contributed by atoms with Gasteiger partial charge in [0.05, 0.1) is 34.5 Å². The second-order valence-corrected chi connectivity index (χ2v) is 9.46. The normalized spacial score (nSPS) is 13.2. The molecule has 0 saturated carbocycles. The van der Waals surface area contributed by atoms with E-state index in [0.29, 0.717) is 23.9 Å². The van der Waals surface area contributed by atoms with Crippen LogP contribution in [0.25, 0.3) is 21.3 Å². The zero-order valence-electron chi connectivity index (χ0n) is 16.5. The van der Waals surface area contributed by atoms with Gasteiger partial charge in [0.15, 0.2) is 0 Å². The number of aromatic amines is 1. The first kappa shape index (κ1) is 19.3. The van der Waals surface area contributed by atoms with Crippen molar-refractivity contribution in [2.24, 2.45) is 7.05 Å². The number of carbonyl (C=O) groups is 1.